The van der Waals surface area contributed by atoms with E-state index in [9.17, 15) is 4.79 Å². The van der Waals surface area contributed by atoms with Crippen molar-refractivity contribution in [3.8, 4) is 5.75 Å². The van der Waals surface area contributed by atoms with Gasteiger partial charge in [0.2, 0.25) is 0 Å². The van der Waals surface area contributed by atoms with Crippen molar-refractivity contribution >= 4 is 12.2 Å². The molecule has 0 saturated heterocycles. The van der Waals surface area contributed by atoms with E-state index in [1.807, 2.05) is 45.0 Å². The molecule has 0 unspecified atom stereocenters. The van der Waals surface area contributed by atoms with Gasteiger partial charge in [0, 0.05) is 0 Å². The lowest BCUT2D eigenvalue weighted by atomic mass is 10.1. The van der Waals surface area contributed by atoms with Crippen LogP contribution in [0.4, 0.5) is 4.79 Å². The molecule has 0 aliphatic rings. The van der Waals surface area contributed by atoms with Gasteiger partial charge in [-0.2, -0.15) is 0 Å². The second-order valence-corrected chi connectivity index (χ2v) is 4.47. The summed E-state index contributed by atoms with van der Waals surface area (Å²) < 4.78 is 9.91. The number of benzene rings is 1. The van der Waals surface area contributed by atoms with Crippen molar-refractivity contribution in [2.75, 3.05) is 0 Å². The van der Waals surface area contributed by atoms with Gasteiger partial charge in [0.1, 0.15) is 11.4 Å². The highest BCUT2D eigenvalue weighted by atomic mass is 16.7. The summed E-state index contributed by atoms with van der Waals surface area (Å²) >= 11 is 0. The molecule has 4 heteroatoms. The van der Waals surface area contributed by atoms with Crippen molar-refractivity contribution in [3.63, 3.8) is 0 Å². The van der Waals surface area contributed by atoms with Gasteiger partial charge in [-0.3, -0.25) is 0 Å². The summed E-state index contributed by atoms with van der Waals surface area (Å²) in [5.74, 6) is 0.772. The summed E-state index contributed by atoms with van der Waals surface area (Å²) in [5.41, 5.74) is 0.608. The number of hydrogen-bond donors (Lipinski definition) is 1. The lowest BCUT2D eigenvalue weighted by molar-refractivity contribution is 0.128. The molecule has 0 saturated carbocycles. The van der Waals surface area contributed by atoms with E-state index in [4.69, 9.17) is 9.84 Å². The van der Waals surface area contributed by atoms with E-state index < -0.39 is 6.16 Å². The van der Waals surface area contributed by atoms with Crippen LogP contribution in [0.5, 0.6) is 5.75 Å². The molecule has 0 atom stereocenters. The fraction of sp³-hybridized carbons (Fsp3) is 0.308. The van der Waals surface area contributed by atoms with E-state index in [-0.39, 0.29) is 5.60 Å². The normalized spacial score (nSPS) is 11.5. The SMILES string of the molecule is CC(C)(C)Oc1ccc(C=COC(=O)O)cc1. The van der Waals surface area contributed by atoms with Crippen LogP contribution < -0.4 is 4.74 Å². The zero-order chi connectivity index (χ0) is 12.9. The van der Waals surface area contributed by atoms with Crippen LogP contribution in [0, 0.1) is 0 Å². The lowest BCUT2D eigenvalue weighted by Crippen LogP contribution is -2.22. The predicted molar refractivity (Wildman–Crippen MR) is 65.0 cm³/mol. The van der Waals surface area contributed by atoms with Crippen molar-refractivity contribution in [2.24, 2.45) is 0 Å². The van der Waals surface area contributed by atoms with Gasteiger partial charge >= 0.3 is 6.16 Å². The maximum atomic E-state index is 10.1. The Morgan fingerprint density at radius 1 is 1.24 bits per heavy atom. The zero-order valence-corrected chi connectivity index (χ0v) is 10.1. The molecule has 0 radical (unpaired) electrons. The number of ether oxygens (including phenoxy) is 2. The molecule has 0 aliphatic heterocycles. The van der Waals surface area contributed by atoms with Crippen molar-refractivity contribution < 1.29 is 19.4 Å². The number of carboxylic acid groups (broad SMARTS) is 1. The molecule has 0 heterocycles. The van der Waals surface area contributed by atoms with E-state index in [2.05, 4.69) is 4.74 Å². The highest BCUT2D eigenvalue weighted by molar-refractivity contribution is 5.59. The largest absolute Gasteiger partial charge is 0.510 e. The predicted octanol–water partition coefficient (Wildman–Crippen LogP) is 3.53. The Labute approximate surface area is 100 Å². The molecular formula is C13H16O4. The summed E-state index contributed by atoms with van der Waals surface area (Å²) in [6.45, 7) is 5.92. The lowest BCUT2D eigenvalue weighted by Gasteiger charge is -2.21. The molecule has 4 nitrogen and oxygen atoms in total. The standard InChI is InChI=1S/C13H16O4/c1-13(2,3)17-11-6-4-10(5-7-11)8-9-16-12(14)15/h4-9H,1-3H3,(H,14,15). The fourth-order valence-corrected chi connectivity index (χ4v) is 1.17. The highest BCUT2D eigenvalue weighted by Crippen LogP contribution is 2.18. The summed E-state index contributed by atoms with van der Waals surface area (Å²) in [6, 6.07) is 7.29. The molecule has 0 amide bonds. The Balaban J connectivity index is 2.62. The molecule has 1 N–H and O–H groups in total. The molecule has 1 rings (SSSR count). The quantitative estimate of drug-likeness (QED) is 0.644. The number of hydrogen-bond acceptors (Lipinski definition) is 3. The van der Waals surface area contributed by atoms with Crippen LogP contribution in [0.1, 0.15) is 26.3 Å². The van der Waals surface area contributed by atoms with Gasteiger partial charge in [-0.15, -0.1) is 0 Å². The third kappa shape index (κ3) is 5.61. The van der Waals surface area contributed by atoms with Crippen LogP contribution in [-0.2, 0) is 4.74 Å². The van der Waals surface area contributed by atoms with Crippen LogP contribution in [0.15, 0.2) is 30.5 Å². The Bertz CT molecular complexity index is 398. The number of carbonyl (C=O) groups is 1. The van der Waals surface area contributed by atoms with E-state index >= 15 is 0 Å². The molecule has 92 valence electrons. The smallest absolute Gasteiger partial charge is 0.488 e. The van der Waals surface area contributed by atoms with Crippen molar-refractivity contribution in [2.45, 2.75) is 26.4 Å². The van der Waals surface area contributed by atoms with Crippen molar-refractivity contribution in [3.05, 3.63) is 36.1 Å². The molecule has 0 fully saturated rings. The monoisotopic (exact) mass is 236 g/mol. The van der Waals surface area contributed by atoms with Crippen LogP contribution in [-0.4, -0.2) is 16.9 Å². The first-order chi connectivity index (χ1) is 7.87. The minimum absolute atomic E-state index is 0.232. The van der Waals surface area contributed by atoms with Crippen LogP contribution in [0.3, 0.4) is 0 Å². The van der Waals surface area contributed by atoms with Crippen LogP contribution in [0.2, 0.25) is 0 Å². The van der Waals surface area contributed by atoms with Crippen molar-refractivity contribution in [1.29, 1.82) is 0 Å². The minimum atomic E-state index is -1.33. The molecule has 0 bridgehead atoms. The molecular weight excluding hydrogens is 220 g/mol. The van der Waals surface area contributed by atoms with E-state index in [0.29, 0.717) is 0 Å². The summed E-state index contributed by atoms with van der Waals surface area (Å²) in [4.78, 5) is 10.1. The van der Waals surface area contributed by atoms with Gasteiger partial charge in [0.15, 0.2) is 0 Å². The molecule has 1 aromatic rings. The Kier molecular flexibility index (Phi) is 4.15. The third-order valence-corrected chi connectivity index (χ3v) is 1.73. The average molecular weight is 236 g/mol. The van der Waals surface area contributed by atoms with Gasteiger partial charge in [0.05, 0.1) is 6.26 Å². The maximum absolute atomic E-state index is 10.1. The topological polar surface area (TPSA) is 55.8 Å². The Morgan fingerprint density at radius 2 is 1.82 bits per heavy atom. The minimum Gasteiger partial charge on any atom is -0.488 e. The first kappa shape index (κ1) is 13.1. The summed E-state index contributed by atoms with van der Waals surface area (Å²) in [5, 5.41) is 8.27. The molecule has 0 aliphatic carbocycles. The van der Waals surface area contributed by atoms with E-state index in [1.165, 1.54) is 0 Å². The number of rotatable bonds is 3. The summed E-state index contributed by atoms with van der Waals surface area (Å²) in [6.07, 6.45) is 1.37. The first-order valence-electron chi connectivity index (χ1n) is 5.22. The maximum Gasteiger partial charge on any atom is 0.510 e. The molecule has 1 aromatic carbocycles. The summed E-state index contributed by atoms with van der Waals surface area (Å²) in [7, 11) is 0. The first-order valence-corrected chi connectivity index (χ1v) is 5.22. The Morgan fingerprint density at radius 3 is 2.29 bits per heavy atom. The average Bonchev–Trinajstić information content (AvgIpc) is 2.18. The van der Waals surface area contributed by atoms with Crippen LogP contribution in [0.25, 0.3) is 6.08 Å². The van der Waals surface area contributed by atoms with E-state index in [0.717, 1.165) is 17.6 Å². The fourth-order valence-electron chi connectivity index (χ4n) is 1.17. The van der Waals surface area contributed by atoms with Gasteiger partial charge in [-0.25, -0.2) is 4.79 Å². The van der Waals surface area contributed by atoms with Gasteiger partial charge in [-0.05, 0) is 44.5 Å². The van der Waals surface area contributed by atoms with Gasteiger partial charge in [-0.1, -0.05) is 12.1 Å². The van der Waals surface area contributed by atoms with Crippen LogP contribution >= 0.6 is 0 Å². The van der Waals surface area contributed by atoms with Gasteiger partial charge < -0.3 is 14.6 Å². The molecule has 0 spiro atoms. The van der Waals surface area contributed by atoms with Gasteiger partial charge in [0.25, 0.3) is 0 Å². The second-order valence-electron chi connectivity index (χ2n) is 4.47. The molecule has 0 aromatic heterocycles. The van der Waals surface area contributed by atoms with Crippen molar-refractivity contribution in [1.82, 2.24) is 0 Å². The molecule has 17 heavy (non-hydrogen) atoms. The highest BCUT2D eigenvalue weighted by Gasteiger charge is 2.10. The van der Waals surface area contributed by atoms with E-state index in [1.54, 1.807) is 6.08 Å². The Hall–Kier alpha value is -1.97. The third-order valence-electron chi connectivity index (χ3n) is 1.73. The second kappa shape index (κ2) is 5.39. The zero-order valence-electron chi connectivity index (χ0n) is 10.1.